The van der Waals surface area contributed by atoms with Gasteiger partial charge in [0.2, 0.25) is 0 Å². The van der Waals surface area contributed by atoms with Gasteiger partial charge in [-0.1, -0.05) is 35.9 Å². The molecule has 4 aromatic rings. The van der Waals surface area contributed by atoms with Gasteiger partial charge in [0.15, 0.2) is 5.82 Å². The van der Waals surface area contributed by atoms with Crippen molar-refractivity contribution >= 4 is 53.1 Å². The number of nitrogens with two attached hydrogens (primary N) is 1. The second-order valence-electron chi connectivity index (χ2n) is 9.79. The summed E-state index contributed by atoms with van der Waals surface area (Å²) in [7, 11) is -4.15. The van der Waals surface area contributed by atoms with Crippen molar-refractivity contribution in [1.29, 1.82) is 0 Å². The number of nitrogens with one attached hydrogen (secondary N) is 1. The monoisotopic (exact) mass is 603 g/mol. The lowest BCUT2D eigenvalue weighted by atomic mass is 10.2. The summed E-state index contributed by atoms with van der Waals surface area (Å²) in [5.74, 6) is 0.507. The third-order valence-corrected chi connectivity index (χ3v) is 7.99. The van der Waals surface area contributed by atoms with Crippen LogP contribution in [0.5, 0.6) is 5.75 Å². The van der Waals surface area contributed by atoms with E-state index >= 15 is 0 Å². The molecule has 0 spiro atoms. The number of halogens is 1. The van der Waals surface area contributed by atoms with Crippen LogP contribution in [0.3, 0.4) is 0 Å². The summed E-state index contributed by atoms with van der Waals surface area (Å²) in [5, 5.41) is 3.95. The molecule has 0 aliphatic carbocycles. The molecule has 11 nitrogen and oxygen atoms in total. The molecule has 41 heavy (non-hydrogen) atoms. The Labute approximate surface area is 243 Å². The normalized spacial score (nSPS) is 14.7. The van der Waals surface area contributed by atoms with Gasteiger partial charge in [-0.2, -0.15) is 5.09 Å². The molecule has 0 radical (unpaired) electrons. The highest BCUT2D eigenvalue weighted by Gasteiger charge is 2.35. The summed E-state index contributed by atoms with van der Waals surface area (Å²) in [6.45, 7) is 9.54. The molecule has 4 rings (SSSR count). The standard InChI is InChI=1S/C28H35ClN5O6P/c1-6-37-16-24-32-25-26(22-12-7-8-13-23(22)31-27(25)30)34(24)15-18(4)39-41(36,33-19(5)28(35)38-17(2)3)40-21-11-9-10-20(29)14-21/h7-14,17-19H,6,15-16H2,1-5H3,(H2,30,31)(H,33,36)/t18-,19+,41?/m1/s1. The van der Waals surface area contributed by atoms with Crippen LogP contribution in [0, 0.1) is 0 Å². The second kappa shape index (κ2) is 13.2. The van der Waals surface area contributed by atoms with Crippen LogP contribution in [-0.2, 0) is 36.5 Å². The number of para-hydroxylation sites is 1. The number of ether oxygens (including phenoxy) is 2. The largest absolute Gasteiger partial charge is 0.462 e. The summed E-state index contributed by atoms with van der Waals surface area (Å²) in [6.07, 6.45) is -1.05. The summed E-state index contributed by atoms with van der Waals surface area (Å²) >= 11 is 6.12. The molecule has 0 aliphatic heterocycles. The minimum atomic E-state index is -4.15. The first-order valence-electron chi connectivity index (χ1n) is 13.3. The van der Waals surface area contributed by atoms with Crippen LogP contribution in [0.25, 0.3) is 21.9 Å². The van der Waals surface area contributed by atoms with Gasteiger partial charge in [0.25, 0.3) is 0 Å². The average molecular weight is 604 g/mol. The first-order chi connectivity index (χ1) is 19.5. The average Bonchev–Trinajstić information content (AvgIpc) is 3.25. The van der Waals surface area contributed by atoms with Gasteiger partial charge in [0, 0.05) is 17.0 Å². The lowest BCUT2D eigenvalue weighted by Gasteiger charge is -2.26. The van der Waals surface area contributed by atoms with Crippen molar-refractivity contribution in [3.05, 3.63) is 59.4 Å². The maximum Gasteiger partial charge on any atom is 0.459 e. The van der Waals surface area contributed by atoms with Gasteiger partial charge in [-0.15, -0.1) is 0 Å². The molecule has 0 saturated carbocycles. The van der Waals surface area contributed by atoms with Crippen LogP contribution in [0.15, 0.2) is 48.5 Å². The lowest BCUT2D eigenvalue weighted by molar-refractivity contribution is -0.149. The Morgan fingerprint density at radius 2 is 1.88 bits per heavy atom. The van der Waals surface area contributed by atoms with Crippen molar-refractivity contribution in [3.63, 3.8) is 0 Å². The Bertz CT molecular complexity index is 1580. The van der Waals surface area contributed by atoms with E-state index in [1.54, 1.807) is 39.0 Å². The van der Waals surface area contributed by atoms with Crippen molar-refractivity contribution < 1.29 is 27.9 Å². The number of hydrogen-bond acceptors (Lipinski definition) is 9. The van der Waals surface area contributed by atoms with Gasteiger partial charge < -0.3 is 24.3 Å². The fraction of sp³-hybridized carbons (Fsp3) is 0.393. The first-order valence-corrected chi connectivity index (χ1v) is 15.2. The van der Waals surface area contributed by atoms with Gasteiger partial charge in [0.1, 0.15) is 29.7 Å². The number of pyridine rings is 1. The van der Waals surface area contributed by atoms with E-state index in [-0.39, 0.29) is 30.8 Å². The summed E-state index contributed by atoms with van der Waals surface area (Å²) < 4.78 is 38.9. The molecule has 0 aliphatic rings. The number of carbonyl (C=O) groups excluding carboxylic acids is 1. The number of fused-ring (bicyclic) bond motifs is 3. The minimum absolute atomic E-state index is 0.208. The van der Waals surface area contributed by atoms with Crippen molar-refractivity contribution in [2.24, 2.45) is 0 Å². The first kappa shape index (κ1) is 30.7. The van der Waals surface area contributed by atoms with E-state index in [4.69, 9.17) is 40.8 Å². The molecule has 0 saturated heterocycles. The SMILES string of the molecule is CCOCc1nc2c(N)nc3ccccc3c2n1C[C@@H](C)OP(=O)(N[C@@H](C)C(=O)OC(C)C)Oc1cccc(Cl)c1. The number of aromatic nitrogens is 3. The van der Waals surface area contributed by atoms with Gasteiger partial charge in [-0.25, -0.2) is 14.5 Å². The number of carbonyl (C=O) groups is 1. The van der Waals surface area contributed by atoms with Crippen molar-refractivity contribution in [2.75, 3.05) is 12.3 Å². The van der Waals surface area contributed by atoms with Gasteiger partial charge in [0.05, 0.1) is 29.8 Å². The second-order valence-corrected chi connectivity index (χ2v) is 11.9. The van der Waals surface area contributed by atoms with E-state index in [1.165, 1.54) is 13.0 Å². The van der Waals surface area contributed by atoms with Crippen molar-refractivity contribution in [1.82, 2.24) is 19.6 Å². The summed E-state index contributed by atoms with van der Waals surface area (Å²) in [4.78, 5) is 21.8. The number of esters is 1. The lowest BCUT2D eigenvalue weighted by Crippen LogP contribution is -2.37. The van der Waals surface area contributed by atoms with Crippen molar-refractivity contribution in [3.8, 4) is 5.75 Å². The topological polar surface area (TPSA) is 140 Å². The fourth-order valence-corrected chi connectivity index (χ4v) is 6.15. The van der Waals surface area contributed by atoms with Gasteiger partial charge >= 0.3 is 13.7 Å². The van der Waals surface area contributed by atoms with E-state index in [0.29, 0.717) is 28.5 Å². The maximum absolute atomic E-state index is 14.1. The molecule has 0 bridgehead atoms. The molecule has 0 amide bonds. The Morgan fingerprint density at radius 3 is 2.59 bits per heavy atom. The Kier molecular flexibility index (Phi) is 9.88. The maximum atomic E-state index is 14.1. The highest BCUT2D eigenvalue weighted by atomic mass is 35.5. The number of rotatable bonds is 13. The highest BCUT2D eigenvalue weighted by Crippen LogP contribution is 2.47. The molecule has 0 fully saturated rings. The van der Waals surface area contributed by atoms with E-state index in [9.17, 15) is 9.36 Å². The zero-order chi connectivity index (χ0) is 29.7. The third kappa shape index (κ3) is 7.55. The van der Waals surface area contributed by atoms with Crippen LogP contribution in [-0.4, -0.2) is 45.4 Å². The number of nitrogens with zero attached hydrogens (tertiary/aromatic N) is 3. The van der Waals surface area contributed by atoms with E-state index in [2.05, 4.69) is 10.1 Å². The molecule has 2 aromatic carbocycles. The summed E-state index contributed by atoms with van der Waals surface area (Å²) in [6, 6.07) is 13.0. The quantitative estimate of drug-likeness (QED) is 0.141. The Hall–Kier alpha value is -3.21. The van der Waals surface area contributed by atoms with E-state index in [0.717, 1.165) is 10.9 Å². The van der Waals surface area contributed by atoms with Crippen LogP contribution in [0.1, 0.15) is 40.4 Å². The predicted molar refractivity (Wildman–Crippen MR) is 159 cm³/mol. The number of nitrogen functional groups attached to an aromatic ring is 1. The molecule has 3 N–H and O–H groups in total. The van der Waals surface area contributed by atoms with E-state index in [1.807, 2.05) is 35.8 Å². The smallest absolute Gasteiger partial charge is 0.459 e. The molecule has 220 valence electrons. The molecule has 13 heteroatoms. The molecular formula is C28H35ClN5O6P. The van der Waals surface area contributed by atoms with Gasteiger partial charge in [-0.05, 0) is 58.9 Å². The Morgan fingerprint density at radius 1 is 1.12 bits per heavy atom. The Balaban J connectivity index is 1.69. The van der Waals surface area contributed by atoms with Gasteiger partial charge in [-0.3, -0.25) is 9.32 Å². The molecule has 3 atom stereocenters. The number of imidazole rings is 1. The predicted octanol–water partition coefficient (Wildman–Crippen LogP) is 5.88. The fourth-order valence-electron chi connectivity index (χ4n) is 4.30. The highest BCUT2D eigenvalue weighted by molar-refractivity contribution is 7.52. The minimum Gasteiger partial charge on any atom is -0.462 e. The number of anilines is 1. The number of benzene rings is 2. The molecular weight excluding hydrogens is 569 g/mol. The van der Waals surface area contributed by atoms with Crippen LogP contribution >= 0.6 is 19.3 Å². The van der Waals surface area contributed by atoms with Crippen LogP contribution in [0.4, 0.5) is 5.82 Å². The zero-order valence-corrected chi connectivity index (χ0v) is 25.3. The molecule has 2 heterocycles. The van der Waals surface area contributed by atoms with Crippen LogP contribution < -0.4 is 15.3 Å². The summed E-state index contributed by atoms with van der Waals surface area (Å²) in [5.41, 5.74) is 8.30. The zero-order valence-electron chi connectivity index (χ0n) is 23.7. The molecule has 1 unspecified atom stereocenters. The van der Waals surface area contributed by atoms with Crippen molar-refractivity contribution in [2.45, 2.75) is 66.0 Å². The number of hydrogen-bond donors (Lipinski definition) is 2. The molecule has 2 aromatic heterocycles. The van der Waals surface area contributed by atoms with E-state index < -0.39 is 25.9 Å². The third-order valence-electron chi connectivity index (χ3n) is 5.96. The van der Waals surface area contributed by atoms with Crippen LogP contribution in [0.2, 0.25) is 5.02 Å².